The van der Waals surface area contributed by atoms with Crippen LogP contribution in [0.2, 0.25) is 0 Å². The molecule has 0 unspecified atom stereocenters. The molecule has 208 valence electrons. The molecular formula is C30H53O5P. The lowest BCUT2D eigenvalue weighted by Crippen LogP contribution is -2.44. The fourth-order valence-electron chi connectivity index (χ4n) is 4.85. The maximum atomic E-state index is 13.0. The van der Waals surface area contributed by atoms with Gasteiger partial charge in [-0.1, -0.05) is 99.4 Å². The van der Waals surface area contributed by atoms with E-state index in [2.05, 4.69) is 74.5 Å². The van der Waals surface area contributed by atoms with E-state index in [0.717, 1.165) is 37.7 Å². The second-order valence-corrected chi connectivity index (χ2v) is 14.1. The summed E-state index contributed by atoms with van der Waals surface area (Å²) >= 11 is 0. The Balaban J connectivity index is 2.70. The van der Waals surface area contributed by atoms with Gasteiger partial charge < -0.3 is 18.9 Å². The summed E-state index contributed by atoms with van der Waals surface area (Å²) in [5.41, 5.74) is 1.10. The summed E-state index contributed by atoms with van der Waals surface area (Å²) in [6.07, 6.45) is 8.15. The van der Waals surface area contributed by atoms with Gasteiger partial charge in [-0.3, -0.25) is 4.57 Å². The number of aliphatic hydroxyl groups is 1. The van der Waals surface area contributed by atoms with Crippen molar-refractivity contribution in [1.82, 2.24) is 0 Å². The highest BCUT2D eigenvalue weighted by Crippen LogP contribution is 2.48. The number of unbranched alkanes of at least 4 members (excludes halogenated alkanes) is 2. The molecule has 0 heterocycles. The quantitative estimate of drug-likeness (QED) is 0.173. The topological polar surface area (TPSA) is 65.0 Å². The van der Waals surface area contributed by atoms with Crippen molar-refractivity contribution in [2.45, 2.75) is 101 Å². The van der Waals surface area contributed by atoms with Crippen LogP contribution in [-0.4, -0.2) is 30.8 Å². The van der Waals surface area contributed by atoms with E-state index < -0.39 is 7.60 Å². The van der Waals surface area contributed by atoms with Crippen molar-refractivity contribution in [2.24, 2.45) is 22.7 Å². The van der Waals surface area contributed by atoms with E-state index in [4.69, 9.17) is 13.8 Å². The van der Waals surface area contributed by atoms with Gasteiger partial charge in [-0.2, -0.15) is 0 Å². The van der Waals surface area contributed by atoms with Gasteiger partial charge in [-0.15, -0.1) is 0 Å². The number of rotatable bonds is 16. The Bertz CT molecular complexity index is 776. The maximum Gasteiger partial charge on any atom is 0.367 e. The summed E-state index contributed by atoms with van der Waals surface area (Å²) in [4.78, 5) is 0. The highest BCUT2D eigenvalue weighted by Gasteiger charge is 2.41. The van der Waals surface area contributed by atoms with Crippen molar-refractivity contribution < 1.29 is 23.5 Å². The molecule has 0 bridgehead atoms. The third-order valence-corrected chi connectivity index (χ3v) is 8.05. The van der Waals surface area contributed by atoms with Crippen LogP contribution in [-0.2, 0) is 13.6 Å². The molecule has 1 N–H and O–H groups in total. The van der Waals surface area contributed by atoms with Gasteiger partial charge in [0.1, 0.15) is 5.75 Å². The van der Waals surface area contributed by atoms with E-state index in [9.17, 15) is 9.67 Å². The highest BCUT2D eigenvalue weighted by atomic mass is 31.2. The minimum absolute atomic E-state index is 0.0253. The van der Waals surface area contributed by atoms with E-state index in [1.165, 1.54) is 0 Å². The Labute approximate surface area is 221 Å². The minimum Gasteiger partial charge on any atom is -0.481 e. The largest absolute Gasteiger partial charge is 0.481 e. The van der Waals surface area contributed by atoms with Crippen LogP contribution >= 0.6 is 7.60 Å². The van der Waals surface area contributed by atoms with Crippen LogP contribution < -0.4 is 4.74 Å². The van der Waals surface area contributed by atoms with Gasteiger partial charge in [0.2, 0.25) is 0 Å². The van der Waals surface area contributed by atoms with Gasteiger partial charge in [-0.05, 0) is 59.6 Å². The normalized spacial score (nSPS) is 15.0. The van der Waals surface area contributed by atoms with Crippen molar-refractivity contribution in [3.05, 3.63) is 35.9 Å². The first-order valence-electron chi connectivity index (χ1n) is 13.7. The second-order valence-electron chi connectivity index (χ2n) is 12.1. The summed E-state index contributed by atoms with van der Waals surface area (Å²) in [5, 5.41) is 11.1. The van der Waals surface area contributed by atoms with Crippen LogP contribution in [0.4, 0.5) is 0 Å². The summed E-state index contributed by atoms with van der Waals surface area (Å²) in [7, 11) is -3.29. The number of benzene rings is 1. The van der Waals surface area contributed by atoms with Gasteiger partial charge in [0.15, 0.2) is 6.35 Å². The minimum atomic E-state index is -3.29. The molecular weight excluding hydrogens is 471 g/mol. The van der Waals surface area contributed by atoms with E-state index in [1.807, 2.05) is 24.3 Å². The molecule has 0 aliphatic heterocycles. The third-order valence-electron chi connectivity index (χ3n) is 6.45. The predicted octanol–water partition coefficient (Wildman–Crippen LogP) is 8.96. The number of aliphatic hydroxyl groups excluding tert-OH is 1. The molecule has 1 rings (SSSR count). The summed E-state index contributed by atoms with van der Waals surface area (Å²) in [6, 6.07) is 7.69. The van der Waals surface area contributed by atoms with Crippen molar-refractivity contribution in [1.29, 1.82) is 0 Å². The average Bonchev–Trinajstić information content (AvgIpc) is 2.77. The second kappa shape index (κ2) is 15.3. The number of hydrogen-bond donors (Lipinski definition) is 1. The van der Waals surface area contributed by atoms with Crippen molar-refractivity contribution in [3.63, 3.8) is 0 Å². The molecule has 2 atom stereocenters. The summed E-state index contributed by atoms with van der Waals surface area (Å²) in [5.74, 6) is 0.979. The van der Waals surface area contributed by atoms with E-state index in [-0.39, 0.29) is 35.1 Å². The predicted molar refractivity (Wildman–Crippen MR) is 152 cm³/mol. The molecule has 0 aliphatic rings. The molecule has 0 radical (unpaired) electrons. The first-order chi connectivity index (χ1) is 16.7. The number of allylic oxidation sites excluding steroid dienone is 1. The van der Waals surface area contributed by atoms with Gasteiger partial charge in [0.25, 0.3) is 0 Å². The first-order valence-corrected chi connectivity index (χ1v) is 15.4. The zero-order valence-electron chi connectivity index (χ0n) is 24.4. The summed E-state index contributed by atoms with van der Waals surface area (Å²) < 4.78 is 30.0. The molecule has 0 fully saturated rings. The van der Waals surface area contributed by atoms with E-state index in [1.54, 1.807) is 0 Å². The van der Waals surface area contributed by atoms with E-state index >= 15 is 0 Å². The molecule has 0 aliphatic carbocycles. The van der Waals surface area contributed by atoms with Gasteiger partial charge in [-0.25, -0.2) is 0 Å². The lowest BCUT2D eigenvalue weighted by molar-refractivity contribution is -0.0515. The van der Waals surface area contributed by atoms with Crippen LogP contribution in [0.25, 0.3) is 6.08 Å². The molecule has 1 aromatic rings. The van der Waals surface area contributed by atoms with Gasteiger partial charge in [0.05, 0.1) is 19.3 Å². The molecule has 1 aromatic carbocycles. The molecule has 0 amide bonds. The molecule has 36 heavy (non-hydrogen) atoms. The maximum absolute atomic E-state index is 13.0. The van der Waals surface area contributed by atoms with Crippen LogP contribution in [0.1, 0.15) is 100.0 Å². The average molecular weight is 525 g/mol. The summed E-state index contributed by atoms with van der Waals surface area (Å²) in [6.45, 7) is 20.4. The highest BCUT2D eigenvalue weighted by molar-refractivity contribution is 7.53. The fourth-order valence-corrected chi connectivity index (χ4v) is 6.19. The third kappa shape index (κ3) is 11.9. The van der Waals surface area contributed by atoms with Crippen LogP contribution in [0.5, 0.6) is 5.75 Å². The molecule has 6 heteroatoms. The molecule has 0 spiro atoms. The smallest absolute Gasteiger partial charge is 0.367 e. The lowest BCUT2D eigenvalue weighted by atomic mass is 9.62. The van der Waals surface area contributed by atoms with E-state index in [0.29, 0.717) is 19.0 Å². The molecule has 0 aromatic heterocycles. The Morgan fingerprint density at radius 3 is 1.86 bits per heavy atom. The van der Waals surface area contributed by atoms with Crippen LogP contribution in [0, 0.1) is 22.7 Å². The van der Waals surface area contributed by atoms with Gasteiger partial charge >= 0.3 is 7.60 Å². The van der Waals surface area contributed by atoms with Crippen LogP contribution in [0.3, 0.4) is 0 Å². The SMILES string of the molecule is CCCCOP(=O)(COc1ccc(/C=C/C[C@@H](C)[C@@H](O)C(C(C)(C)C)C(C)(C)C)cc1)OCCCC. The Morgan fingerprint density at radius 2 is 1.42 bits per heavy atom. The molecule has 0 saturated carbocycles. The Morgan fingerprint density at radius 1 is 0.917 bits per heavy atom. The van der Waals surface area contributed by atoms with Crippen molar-refractivity contribution >= 4 is 13.7 Å². The Kier molecular flexibility index (Phi) is 14.0. The monoisotopic (exact) mass is 524 g/mol. The zero-order chi connectivity index (χ0) is 27.4. The molecule has 0 saturated heterocycles. The van der Waals surface area contributed by atoms with Gasteiger partial charge in [0, 0.05) is 0 Å². The molecule has 5 nitrogen and oxygen atoms in total. The van der Waals surface area contributed by atoms with Crippen LogP contribution in [0.15, 0.2) is 30.3 Å². The number of hydrogen-bond acceptors (Lipinski definition) is 5. The Hall–Kier alpha value is -1.13. The zero-order valence-corrected chi connectivity index (χ0v) is 25.3. The van der Waals surface area contributed by atoms with Crippen molar-refractivity contribution in [2.75, 3.05) is 19.6 Å². The number of ether oxygens (including phenoxy) is 1. The lowest BCUT2D eigenvalue weighted by Gasteiger charge is -2.45. The first kappa shape index (κ1) is 32.9. The van der Waals surface area contributed by atoms with Crippen molar-refractivity contribution in [3.8, 4) is 5.75 Å². The fraction of sp³-hybridized carbons (Fsp3) is 0.733. The standard InChI is InChI=1S/C30H53O5P/c1-10-12-21-34-36(32,35-22-13-11-2)23-33-26-19-17-25(18-20-26)16-14-15-24(3)27(31)28(29(4,5)6)30(7,8)9/h14,16-20,24,27-28,31H,10-13,15,21-23H2,1-9H3/b16-14+/t24-,27-/m1/s1.